The van der Waals surface area contributed by atoms with Crippen LogP contribution >= 0.6 is 0 Å². The Bertz CT molecular complexity index is 891. The molecule has 130 valence electrons. The summed E-state index contributed by atoms with van der Waals surface area (Å²) in [4.78, 5) is 0. The van der Waals surface area contributed by atoms with Gasteiger partial charge in [-0.3, -0.25) is 0 Å². The molecule has 0 radical (unpaired) electrons. The van der Waals surface area contributed by atoms with Gasteiger partial charge in [-0.15, -0.1) is 5.10 Å². The molecule has 1 N–H and O–H groups in total. The van der Waals surface area contributed by atoms with Gasteiger partial charge in [-0.2, -0.15) is 13.2 Å². The van der Waals surface area contributed by atoms with E-state index in [1.807, 2.05) is 0 Å². The van der Waals surface area contributed by atoms with Crippen molar-refractivity contribution in [3.8, 4) is 22.7 Å². The molecule has 0 saturated carbocycles. The molecule has 0 aliphatic carbocycles. The van der Waals surface area contributed by atoms with Gasteiger partial charge in [-0.1, -0.05) is 29.5 Å². The third-order valence-electron chi connectivity index (χ3n) is 3.67. The van der Waals surface area contributed by atoms with Crippen LogP contribution in [0, 0.1) is 0 Å². The van der Waals surface area contributed by atoms with Crippen molar-refractivity contribution in [2.75, 3.05) is 7.11 Å². The molecule has 8 heteroatoms. The van der Waals surface area contributed by atoms with Crippen LogP contribution < -0.4 is 4.74 Å². The summed E-state index contributed by atoms with van der Waals surface area (Å²) in [5.41, 5.74) is -0.0257. The Morgan fingerprint density at radius 3 is 2.56 bits per heavy atom. The van der Waals surface area contributed by atoms with Crippen molar-refractivity contribution in [2.24, 2.45) is 0 Å². The minimum absolute atomic E-state index is 0.167. The number of ether oxygens (including phenoxy) is 1. The van der Waals surface area contributed by atoms with Gasteiger partial charge in [0, 0.05) is 5.56 Å². The molecular weight excluding hydrogens is 335 g/mol. The average Bonchev–Trinajstić information content (AvgIpc) is 3.05. The van der Waals surface area contributed by atoms with E-state index >= 15 is 0 Å². The zero-order valence-corrected chi connectivity index (χ0v) is 13.2. The van der Waals surface area contributed by atoms with Crippen molar-refractivity contribution < 1.29 is 23.0 Å². The van der Waals surface area contributed by atoms with Crippen LogP contribution in [0.1, 0.15) is 11.3 Å². The molecule has 0 saturated heterocycles. The van der Waals surface area contributed by atoms with Gasteiger partial charge in [-0.05, 0) is 24.3 Å². The number of aliphatic hydroxyl groups is 1. The van der Waals surface area contributed by atoms with Crippen molar-refractivity contribution in [3.05, 3.63) is 59.8 Å². The van der Waals surface area contributed by atoms with Crippen LogP contribution in [0.5, 0.6) is 5.75 Å². The Labute approximate surface area is 141 Å². The second-order valence-electron chi connectivity index (χ2n) is 5.20. The lowest BCUT2D eigenvalue weighted by atomic mass is 10.1. The highest BCUT2D eigenvalue weighted by atomic mass is 19.4. The molecule has 1 aromatic heterocycles. The first kappa shape index (κ1) is 17.0. The maximum absolute atomic E-state index is 13.3. The van der Waals surface area contributed by atoms with E-state index in [4.69, 9.17) is 4.74 Å². The standard InChI is InChI=1S/C17H14F3N3O2/c1-25-12-6-4-5-11(9-12)16-14(10-24)21-22-23(16)15-8-3-2-7-13(15)17(18,19)20/h2-9,24H,10H2,1H3. The number of benzene rings is 2. The largest absolute Gasteiger partial charge is 0.497 e. The van der Waals surface area contributed by atoms with Crippen molar-refractivity contribution in [1.82, 2.24) is 15.0 Å². The molecule has 5 nitrogen and oxygen atoms in total. The summed E-state index contributed by atoms with van der Waals surface area (Å²) in [5, 5.41) is 17.2. The highest BCUT2D eigenvalue weighted by molar-refractivity contribution is 5.66. The quantitative estimate of drug-likeness (QED) is 0.784. The molecule has 2 aromatic carbocycles. The first-order valence-electron chi connectivity index (χ1n) is 7.32. The number of halogens is 3. The van der Waals surface area contributed by atoms with Crippen LogP contribution in [0.15, 0.2) is 48.5 Å². The average molecular weight is 349 g/mol. The molecule has 3 aromatic rings. The van der Waals surface area contributed by atoms with Gasteiger partial charge in [0.05, 0.1) is 25.0 Å². The summed E-state index contributed by atoms with van der Waals surface area (Å²) in [6, 6.07) is 11.8. The van der Waals surface area contributed by atoms with Gasteiger partial charge in [0.25, 0.3) is 0 Å². The molecule has 1 heterocycles. The van der Waals surface area contributed by atoms with Crippen LogP contribution in [0.25, 0.3) is 16.9 Å². The normalized spacial score (nSPS) is 11.6. The van der Waals surface area contributed by atoms with Gasteiger partial charge in [0.2, 0.25) is 0 Å². The fraction of sp³-hybridized carbons (Fsp3) is 0.176. The maximum atomic E-state index is 13.3. The van der Waals surface area contributed by atoms with Crippen LogP contribution in [-0.2, 0) is 12.8 Å². The fourth-order valence-corrected chi connectivity index (χ4v) is 2.55. The Balaban J connectivity index is 2.25. The molecule has 0 aliphatic heterocycles. The van der Waals surface area contributed by atoms with Gasteiger partial charge in [-0.25, -0.2) is 4.68 Å². The first-order valence-corrected chi connectivity index (χ1v) is 7.32. The smallest absolute Gasteiger partial charge is 0.418 e. The number of nitrogens with zero attached hydrogens (tertiary/aromatic N) is 3. The lowest BCUT2D eigenvalue weighted by molar-refractivity contribution is -0.137. The molecule has 0 fully saturated rings. The monoisotopic (exact) mass is 349 g/mol. The van der Waals surface area contributed by atoms with E-state index in [0.717, 1.165) is 10.7 Å². The predicted molar refractivity (Wildman–Crippen MR) is 84.3 cm³/mol. The minimum atomic E-state index is -4.55. The minimum Gasteiger partial charge on any atom is -0.497 e. The Morgan fingerprint density at radius 2 is 1.88 bits per heavy atom. The van der Waals surface area contributed by atoms with Crippen LogP contribution in [0.4, 0.5) is 13.2 Å². The van der Waals surface area contributed by atoms with E-state index in [2.05, 4.69) is 10.3 Å². The SMILES string of the molecule is COc1cccc(-c2c(CO)nnn2-c2ccccc2C(F)(F)F)c1. The maximum Gasteiger partial charge on any atom is 0.418 e. The summed E-state index contributed by atoms with van der Waals surface area (Å²) >= 11 is 0. The lowest BCUT2D eigenvalue weighted by Crippen LogP contribution is -2.12. The van der Waals surface area contributed by atoms with Crippen LogP contribution in [0.3, 0.4) is 0 Å². The lowest BCUT2D eigenvalue weighted by Gasteiger charge is -2.14. The summed E-state index contributed by atoms with van der Waals surface area (Å²) in [6.07, 6.45) is -4.55. The van der Waals surface area contributed by atoms with E-state index in [1.54, 1.807) is 24.3 Å². The second-order valence-corrected chi connectivity index (χ2v) is 5.20. The molecule has 0 bridgehead atoms. The molecule has 3 rings (SSSR count). The first-order chi connectivity index (χ1) is 12.0. The van der Waals surface area contributed by atoms with Gasteiger partial charge < -0.3 is 9.84 Å². The number of para-hydroxylation sites is 1. The Kier molecular flexibility index (Phi) is 4.45. The van der Waals surface area contributed by atoms with E-state index in [1.165, 1.54) is 25.3 Å². The van der Waals surface area contributed by atoms with Crippen molar-refractivity contribution in [3.63, 3.8) is 0 Å². The van der Waals surface area contributed by atoms with Crippen LogP contribution in [-0.4, -0.2) is 27.2 Å². The highest BCUT2D eigenvalue weighted by Gasteiger charge is 2.34. The summed E-state index contributed by atoms with van der Waals surface area (Å²) in [6.45, 7) is -0.458. The van der Waals surface area contributed by atoms with Crippen molar-refractivity contribution in [1.29, 1.82) is 0 Å². The molecular formula is C17H14F3N3O2. The van der Waals surface area contributed by atoms with Gasteiger partial charge in [0.15, 0.2) is 0 Å². The third-order valence-corrected chi connectivity index (χ3v) is 3.67. The molecule has 25 heavy (non-hydrogen) atoms. The number of alkyl halides is 3. The molecule has 0 aliphatic rings. The molecule has 0 amide bonds. The third kappa shape index (κ3) is 3.20. The number of methoxy groups -OCH3 is 1. The zero-order valence-electron chi connectivity index (χ0n) is 13.2. The van der Waals surface area contributed by atoms with E-state index in [-0.39, 0.29) is 17.1 Å². The van der Waals surface area contributed by atoms with E-state index in [0.29, 0.717) is 11.3 Å². The summed E-state index contributed by atoms with van der Waals surface area (Å²) < 4.78 is 46.3. The molecule has 0 atom stereocenters. The molecule has 0 unspecified atom stereocenters. The number of hydrogen-bond acceptors (Lipinski definition) is 4. The van der Waals surface area contributed by atoms with E-state index < -0.39 is 18.3 Å². The summed E-state index contributed by atoms with van der Waals surface area (Å²) in [5.74, 6) is 0.526. The molecule has 0 spiro atoms. The fourth-order valence-electron chi connectivity index (χ4n) is 2.55. The van der Waals surface area contributed by atoms with Crippen LogP contribution in [0.2, 0.25) is 0 Å². The van der Waals surface area contributed by atoms with Gasteiger partial charge >= 0.3 is 6.18 Å². The number of hydrogen-bond donors (Lipinski definition) is 1. The number of aromatic nitrogens is 3. The Morgan fingerprint density at radius 1 is 1.12 bits per heavy atom. The number of aliphatic hydroxyl groups excluding tert-OH is 1. The van der Waals surface area contributed by atoms with Crippen molar-refractivity contribution >= 4 is 0 Å². The predicted octanol–water partition coefficient (Wildman–Crippen LogP) is 3.45. The second kappa shape index (κ2) is 6.56. The number of rotatable bonds is 4. The summed E-state index contributed by atoms with van der Waals surface area (Å²) in [7, 11) is 1.49. The Hall–Kier alpha value is -2.87. The van der Waals surface area contributed by atoms with E-state index in [9.17, 15) is 18.3 Å². The van der Waals surface area contributed by atoms with Gasteiger partial charge in [0.1, 0.15) is 17.1 Å². The van der Waals surface area contributed by atoms with Crippen molar-refractivity contribution in [2.45, 2.75) is 12.8 Å². The highest BCUT2D eigenvalue weighted by Crippen LogP contribution is 2.36. The topological polar surface area (TPSA) is 60.2 Å². The zero-order chi connectivity index (χ0) is 18.0.